The van der Waals surface area contributed by atoms with Crippen LogP contribution in [0.5, 0.6) is 5.75 Å². The van der Waals surface area contributed by atoms with Gasteiger partial charge in [0.2, 0.25) is 0 Å². The molecule has 4 nitrogen and oxygen atoms in total. The summed E-state index contributed by atoms with van der Waals surface area (Å²) >= 11 is 0. The maximum Gasteiger partial charge on any atom is 0.119 e. The number of ether oxygens (including phenoxy) is 2. The van der Waals surface area contributed by atoms with Gasteiger partial charge >= 0.3 is 0 Å². The summed E-state index contributed by atoms with van der Waals surface area (Å²) in [5.41, 5.74) is 7.17. The van der Waals surface area contributed by atoms with Crippen LogP contribution in [0.1, 0.15) is 18.4 Å². The first kappa shape index (κ1) is 14.3. The highest BCUT2D eigenvalue weighted by atomic mass is 16.5. The molecule has 106 valence electrons. The maximum atomic E-state index is 5.90. The summed E-state index contributed by atoms with van der Waals surface area (Å²) in [6, 6.07) is 8.65. The van der Waals surface area contributed by atoms with E-state index in [-0.39, 0.29) is 0 Å². The van der Waals surface area contributed by atoms with Crippen LogP contribution in [0.25, 0.3) is 0 Å². The average molecular weight is 264 g/mol. The molecule has 1 fully saturated rings. The van der Waals surface area contributed by atoms with E-state index in [1.54, 1.807) is 14.2 Å². The third-order valence-corrected chi connectivity index (χ3v) is 3.91. The zero-order valence-corrected chi connectivity index (χ0v) is 11.8. The van der Waals surface area contributed by atoms with E-state index in [0.717, 1.165) is 31.7 Å². The highest BCUT2D eigenvalue weighted by molar-refractivity contribution is 5.28. The SMILES string of the molecule is COc1cccc(CN2CCC(OC)CC2CN)c1. The van der Waals surface area contributed by atoms with Gasteiger partial charge in [0.15, 0.2) is 0 Å². The first-order valence-corrected chi connectivity index (χ1v) is 6.86. The van der Waals surface area contributed by atoms with E-state index in [2.05, 4.69) is 17.0 Å². The van der Waals surface area contributed by atoms with Crippen LogP contribution in [0.3, 0.4) is 0 Å². The summed E-state index contributed by atoms with van der Waals surface area (Å²) in [4.78, 5) is 2.45. The minimum atomic E-state index is 0.357. The molecule has 2 atom stereocenters. The molecule has 0 radical (unpaired) electrons. The Bertz CT molecular complexity index is 397. The van der Waals surface area contributed by atoms with Crippen molar-refractivity contribution >= 4 is 0 Å². The second kappa shape index (κ2) is 6.89. The predicted octanol–water partition coefficient (Wildman–Crippen LogP) is 1.63. The number of hydrogen-bond donors (Lipinski definition) is 1. The van der Waals surface area contributed by atoms with Crippen molar-refractivity contribution in [2.24, 2.45) is 5.73 Å². The Morgan fingerprint density at radius 3 is 2.89 bits per heavy atom. The fraction of sp³-hybridized carbons (Fsp3) is 0.600. The van der Waals surface area contributed by atoms with E-state index >= 15 is 0 Å². The zero-order valence-electron chi connectivity index (χ0n) is 11.8. The van der Waals surface area contributed by atoms with Gasteiger partial charge < -0.3 is 15.2 Å². The van der Waals surface area contributed by atoms with Gasteiger partial charge in [0.1, 0.15) is 5.75 Å². The summed E-state index contributed by atoms with van der Waals surface area (Å²) in [5.74, 6) is 0.911. The third-order valence-electron chi connectivity index (χ3n) is 3.91. The van der Waals surface area contributed by atoms with E-state index in [4.69, 9.17) is 15.2 Å². The van der Waals surface area contributed by atoms with Crippen LogP contribution >= 0.6 is 0 Å². The van der Waals surface area contributed by atoms with E-state index < -0.39 is 0 Å². The van der Waals surface area contributed by atoms with Crippen molar-refractivity contribution < 1.29 is 9.47 Å². The fourth-order valence-corrected chi connectivity index (χ4v) is 2.74. The Hall–Kier alpha value is -1.10. The molecule has 0 saturated carbocycles. The Kier molecular flexibility index (Phi) is 5.19. The van der Waals surface area contributed by atoms with E-state index in [1.807, 2.05) is 12.1 Å². The molecule has 2 unspecified atom stereocenters. The second-order valence-electron chi connectivity index (χ2n) is 5.09. The monoisotopic (exact) mass is 264 g/mol. The summed E-state index contributed by atoms with van der Waals surface area (Å²) in [5, 5.41) is 0. The first-order chi connectivity index (χ1) is 9.26. The molecular formula is C15H24N2O2. The smallest absolute Gasteiger partial charge is 0.119 e. The fourth-order valence-electron chi connectivity index (χ4n) is 2.74. The lowest BCUT2D eigenvalue weighted by molar-refractivity contribution is 0.0102. The lowest BCUT2D eigenvalue weighted by Gasteiger charge is -2.38. The predicted molar refractivity (Wildman–Crippen MR) is 76.3 cm³/mol. The average Bonchev–Trinajstić information content (AvgIpc) is 2.48. The highest BCUT2D eigenvalue weighted by Gasteiger charge is 2.27. The van der Waals surface area contributed by atoms with Gasteiger partial charge in [0.05, 0.1) is 13.2 Å². The van der Waals surface area contributed by atoms with Gasteiger partial charge in [0, 0.05) is 32.8 Å². The quantitative estimate of drug-likeness (QED) is 0.878. The van der Waals surface area contributed by atoms with Crippen LogP contribution in [-0.4, -0.2) is 44.4 Å². The van der Waals surface area contributed by atoms with Gasteiger partial charge in [-0.1, -0.05) is 12.1 Å². The van der Waals surface area contributed by atoms with Crippen molar-refractivity contribution in [1.29, 1.82) is 0 Å². The van der Waals surface area contributed by atoms with Crippen molar-refractivity contribution in [2.45, 2.75) is 31.5 Å². The van der Waals surface area contributed by atoms with Crippen LogP contribution in [0.2, 0.25) is 0 Å². The number of nitrogens with zero attached hydrogens (tertiary/aromatic N) is 1. The molecule has 4 heteroatoms. The van der Waals surface area contributed by atoms with Crippen molar-refractivity contribution in [3.63, 3.8) is 0 Å². The van der Waals surface area contributed by atoms with Crippen LogP contribution in [0.4, 0.5) is 0 Å². The standard InChI is InChI=1S/C15H24N2O2/c1-18-14-5-3-4-12(8-14)11-17-7-6-15(19-2)9-13(17)10-16/h3-5,8,13,15H,6-7,9-11,16H2,1-2H3. The molecule has 19 heavy (non-hydrogen) atoms. The van der Waals surface area contributed by atoms with E-state index in [9.17, 15) is 0 Å². The van der Waals surface area contributed by atoms with Crippen LogP contribution in [0.15, 0.2) is 24.3 Å². The Balaban J connectivity index is 2.00. The van der Waals surface area contributed by atoms with Gasteiger partial charge in [-0.15, -0.1) is 0 Å². The second-order valence-corrected chi connectivity index (χ2v) is 5.09. The van der Waals surface area contributed by atoms with Crippen molar-refractivity contribution in [3.8, 4) is 5.75 Å². The minimum Gasteiger partial charge on any atom is -0.497 e. The molecule has 0 spiro atoms. The molecule has 1 aliphatic heterocycles. The zero-order chi connectivity index (χ0) is 13.7. The topological polar surface area (TPSA) is 47.7 Å². The van der Waals surface area contributed by atoms with Gasteiger partial charge in [0.25, 0.3) is 0 Å². The number of benzene rings is 1. The summed E-state index contributed by atoms with van der Waals surface area (Å²) in [6.07, 6.45) is 2.46. The third kappa shape index (κ3) is 3.69. The number of hydrogen-bond acceptors (Lipinski definition) is 4. The molecule has 0 bridgehead atoms. The van der Waals surface area contributed by atoms with Crippen LogP contribution in [-0.2, 0) is 11.3 Å². The number of likely N-dealkylation sites (tertiary alicyclic amines) is 1. The Morgan fingerprint density at radius 2 is 2.21 bits per heavy atom. The maximum absolute atomic E-state index is 5.90. The molecule has 2 N–H and O–H groups in total. The lowest BCUT2D eigenvalue weighted by Crippen LogP contribution is -2.47. The Labute approximate surface area is 115 Å². The molecule has 1 aromatic rings. The van der Waals surface area contributed by atoms with Gasteiger partial charge in [-0.3, -0.25) is 4.90 Å². The molecule has 2 rings (SSSR count). The molecule has 1 saturated heterocycles. The summed E-state index contributed by atoms with van der Waals surface area (Å²) in [6.45, 7) is 2.65. The minimum absolute atomic E-state index is 0.357. The van der Waals surface area contributed by atoms with Crippen LogP contribution < -0.4 is 10.5 Å². The summed E-state index contributed by atoms with van der Waals surface area (Å²) < 4.78 is 10.7. The first-order valence-electron chi connectivity index (χ1n) is 6.86. The molecular weight excluding hydrogens is 240 g/mol. The number of rotatable bonds is 5. The van der Waals surface area contributed by atoms with Gasteiger partial charge in [-0.25, -0.2) is 0 Å². The molecule has 1 aliphatic rings. The number of piperidine rings is 1. The van der Waals surface area contributed by atoms with Gasteiger partial charge in [-0.05, 0) is 30.5 Å². The van der Waals surface area contributed by atoms with Crippen molar-refractivity contribution in [3.05, 3.63) is 29.8 Å². The molecule has 0 amide bonds. The van der Waals surface area contributed by atoms with Crippen molar-refractivity contribution in [1.82, 2.24) is 4.90 Å². The van der Waals surface area contributed by atoms with Crippen molar-refractivity contribution in [2.75, 3.05) is 27.3 Å². The van der Waals surface area contributed by atoms with Crippen LogP contribution in [0, 0.1) is 0 Å². The normalized spacial score (nSPS) is 24.4. The molecule has 1 heterocycles. The highest BCUT2D eigenvalue weighted by Crippen LogP contribution is 2.22. The molecule has 0 aromatic heterocycles. The largest absolute Gasteiger partial charge is 0.497 e. The molecule has 1 aromatic carbocycles. The Morgan fingerprint density at radius 1 is 1.37 bits per heavy atom. The number of methoxy groups -OCH3 is 2. The molecule has 0 aliphatic carbocycles. The van der Waals surface area contributed by atoms with Gasteiger partial charge in [-0.2, -0.15) is 0 Å². The number of nitrogens with two attached hydrogens (primary N) is 1. The van der Waals surface area contributed by atoms with E-state index in [0.29, 0.717) is 18.7 Å². The summed E-state index contributed by atoms with van der Waals surface area (Å²) in [7, 11) is 3.49. The lowest BCUT2D eigenvalue weighted by atomic mass is 9.98. The van der Waals surface area contributed by atoms with E-state index in [1.165, 1.54) is 5.56 Å².